The monoisotopic (exact) mass is 238 g/mol. The maximum atomic E-state index is 10.1. The fraction of sp³-hybridized carbons (Fsp3) is 0.786. The molecule has 4 saturated carbocycles. The van der Waals surface area contributed by atoms with Gasteiger partial charge in [-0.25, -0.2) is 4.79 Å². The number of rotatable bonds is 1. The summed E-state index contributed by atoms with van der Waals surface area (Å²) in [7, 11) is 1.31. The van der Waals surface area contributed by atoms with Crippen molar-refractivity contribution in [2.75, 3.05) is 7.11 Å². The first-order valence-corrected chi connectivity index (χ1v) is 6.47. The zero-order valence-corrected chi connectivity index (χ0v) is 10.5. The molecule has 1 N–H and O–H groups in total. The van der Waals surface area contributed by atoms with Crippen LogP contribution in [0.5, 0.6) is 0 Å². The summed E-state index contributed by atoms with van der Waals surface area (Å²) in [6, 6.07) is 0. The molecule has 0 aromatic rings. The molecule has 0 radical (unpaired) electrons. The highest BCUT2D eigenvalue weighted by Gasteiger charge is 2.49. The Labute approximate surface area is 103 Å². The van der Waals surface area contributed by atoms with Crippen molar-refractivity contribution in [2.45, 2.75) is 44.1 Å². The van der Waals surface area contributed by atoms with E-state index < -0.39 is 5.97 Å². The molecule has 0 unspecified atom stereocenters. The van der Waals surface area contributed by atoms with E-state index in [9.17, 15) is 9.90 Å². The van der Waals surface area contributed by atoms with E-state index in [1.165, 1.54) is 26.4 Å². The largest absolute Gasteiger partial charge is 0.466 e. The van der Waals surface area contributed by atoms with Crippen LogP contribution in [0.2, 0.25) is 0 Å². The number of methoxy groups -OCH3 is 1. The summed E-state index contributed by atoms with van der Waals surface area (Å²) in [5, 5.41) is 10.1. The summed E-state index contributed by atoms with van der Waals surface area (Å²) in [4.78, 5) is 9.84. The van der Waals surface area contributed by atoms with E-state index in [1.54, 1.807) is 0 Å². The lowest BCUT2D eigenvalue weighted by molar-refractivity contribution is -0.134. The highest BCUT2D eigenvalue weighted by atomic mass is 16.5. The lowest BCUT2D eigenvalue weighted by Gasteiger charge is -2.54. The third-order valence-electron chi connectivity index (χ3n) is 4.37. The molecule has 0 aliphatic heterocycles. The van der Waals surface area contributed by atoms with Crippen LogP contribution in [0.1, 0.15) is 38.5 Å². The smallest absolute Gasteiger partial charge is 0.329 e. The van der Waals surface area contributed by atoms with Crippen LogP contribution >= 0.6 is 0 Å². The molecular weight excluding hydrogens is 216 g/mol. The summed E-state index contributed by atoms with van der Waals surface area (Å²) in [6.45, 7) is 3.16. The molecule has 17 heavy (non-hydrogen) atoms. The van der Waals surface area contributed by atoms with Crippen LogP contribution in [0, 0.1) is 17.8 Å². The van der Waals surface area contributed by atoms with Gasteiger partial charge in [-0.15, -0.1) is 0 Å². The molecule has 96 valence electrons. The number of aliphatic hydroxyl groups is 1. The van der Waals surface area contributed by atoms with Gasteiger partial charge in [0.25, 0.3) is 0 Å². The average molecular weight is 238 g/mol. The van der Waals surface area contributed by atoms with E-state index >= 15 is 0 Å². The minimum Gasteiger partial charge on any atom is -0.466 e. The molecular formula is C14H22O3. The zero-order chi connectivity index (χ0) is 12.5. The van der Waals surface area contributed by atoms with E-state index in [0.29, 0.717) is 0 Å². The molecule has 4 bridgehead atoms. The van der Waals surface area contributed by atoms with Crippen LogP contribution in [0.4, 0.5) is 0 Å². The van der Waals surface area contributed by atoms with E-state index in [4.69, 9.17) is 0 Å². The van der Waals surface area contributed by atoms with Crippen molar-refractivity contribution in [1.29, 1.82) is 0 Å². The third kappa shape index (κ3) is 2.89. The number of ether oxygens (including phenoxy) is 1. The van der Waals surface area contributed by atoms with E-state index in [0.717, 1.165) is 43.1 Å². The van der Waals surface area contributed by atoms with Crippen molar-refractivity contribution in [3.8, 4) is 0 Å². The second kappa shape index (κ2) is 4.81. The summed E-state index contributed by atoms with van der Waals surface area (Å²) in [5.41, 5.74) is -0.200. The van der Waals surface area contributed by atoms with Crippen molar-refractivity contribution in [3.63, 3.8) is 0 Å². The van der Waals surface area contributed by atoms with Crippen molar-refractivity contribution >= 4 is 5.97 Å². The molecule has 0 spiro atoms. The Morgan fingerprint density at radius 1 is 1.24 bits per heavy atom. The maximum absolute atomic E-state index is 10.1. The standard InChI is InChI=1S/C10H16O.C4H6O2/c11-10-4-7-1-8(5-10)3-9(2-7)6-10;1-3-4(5)6-2/h7-9,11H,1-6H2;3H,1H2,2H3. The Hall–Kier alpha value is -0.830. The van der Waals surface area contributed by atoms with Crippen LogP contribution in [0.15, 0.2) is 12.7 Å². The first-order chi connectivity index (χ1) is 8.04. The van der Waals surface area contributed by atoms with Crippen LogP contribution in [-0.4, -0.2) is 23.8 Å². The zero-order valence-electron chi connectivity index (χ0n) is 10.5. The molecule has 4 aliphatic carbocycles. The highest BCUT2D eigenvalue weighted by molar-refractivity contribution is 5.80. The molecule has 0 atom stereocenters. The summed E-state index contributed by atoms with van der Waals surface area (Å²) < 4.78 is 4.14. The Balaban J connectivity index is 0.000000157. The minimum atomic E-state index is -0.394. The van der Waals surface area contributed by atoms with Gasteiger partial charge in [-0.05, 0) is 56.3 Å². The number of hydrogen-bond donors (Lipinski definition) is 1. The van der Waals surface area contributed by atoms with Gasteiger partial charge in [0.1, 0.15) is 0 Å². The van der Waals surface area contributed by atoms with Crippen molar-refractivity contribution in [1.82, 2.24) is 0 Å². The lowest BCUT2D eigenvalue weighted by atomic mass is 9.54. The highest BCUT2D eigenvalue weighted by Crippen LogP contribution is 2.55. The van der Waals surface area contributed by atoms with Crippen LogP contribution in [-0.2, 0) is 9.53 Å². The van der Waals surface area contributed by atoms with Gasteiger partial charge in [-0.3, -0.25) is 0 Å². The fourth-order valence-electron chi connectivity index (χ4n) is 4.15. The van der Waals surface area contributed by atoms with Crippen LogP contribution < -0.4 is 0 Å². The molecule has 4 aliphatic rings. The molecule has 3 nitrogen and oxygen atoms in total. The number of carbonyl (C=O) groups is 1. The lowest BCUT2D eigenvalue weighted by Crippen LogP contribution is -2.50. The molecule has 0 heterocycles. The number of hydrogen-bond acceptors (Lipinski definition) is 3. The first-order valence-electron chi connectivity index (χ1n) is 6.47. The predicted octanol–water partition coefficient (Wildman–Crippen LogP) is 2.29. The molecule has 0 aromatic heterocycles. The van der Waals surface area contributed by atoms with Gasteiger partial charge in [0.05, 0.1) is 12.7 Å². The van der Waals surface area contributed by atoms with E-state index in [1.807, 2.05) is 0 Å². The maximum Gasteiger partial charge on any atom is 0.329 e. The van der Waals surface area contributed by atoms with Gasteiger partial charge < -0.3 is 9.84 Å². The van der Waals surface area contributed by atoms with Gasteiger partial charge in [0.15, 0.2) is 0 Å². The Kier molecular flexibility index (Phi) is 3.57. The van der Waals surface area contributed by atoms with Gasteiger partial charge in [0, 0.05) is 6.08 Å². The summed E-state index contributed by atoms with van der Waals surface area (Å²) in [5.74, 6) is 2.29. The minimum absolute atomic E-state index is 0.200. The second-order valence-electron chi connectivity index (χ2n) is 5.87. The van der Waals surface area contributed by atoms with Gasteiger partial charge in [0.2, 0.25) is 0 Å². The van der Waals surface area contributed by atoms with Crippen LogP contribution in [0.3, 0.4) is 0 Å². The van der Waals surface area contributed by atoms with Gasteiger partial charge in [-0.1, -0.05) is 6.58 Å². The normalized spacial score (nSPS) is 41.4. The molecule has 0 aromatic carbocycles. The van der Waals surface area contributed by atoms with Crippen LogP contribution in [0.25, 0.3) is 0 Å². The molecule has 4 fully saturated rings. The average Bonchev–Trinajstić information content (AvgIpc) is 2.25. The number of esters is 1. The summed E-state index contributed by atoms with van der Waals surface area (Å²) >= 11 is 0. The third-order valence-corrected chi connectivity index (χ3v) is 4.37. The molecule has 3 heteroatoms. The molecule has 4 rings (SSSR count). The predicted molar refractivity (Wildman–Crippen MR) is 65.3 cm³/mol. The van der Waals surface area contributed by atoms with Crippen molar-refractivity contribution < 1.29 is 14.6 Å². The quantitative estimate of drug-likeness (QED) is 0.563. The second-order valence-corrected chi connectivity index (χ2v) is 5.87. The van der Waals surface area contributed by atoms with E-state index in [-0.39, 0.29) is 5.60 Å². The summed E-state index contributed by atoms with van der Waals surface area (Å²) in [6.07, 6.45) is 8.77. The van der Waals surface area contributed by atoms with E-state index in [2.05, 4.69) is 11.3 Å². The van der Waals surface area contributed by atoms with Gasteiger partial charge >= 0.3 is 5.97 Å². The fourth-order valence-corrected chi connectivity index (χ4v) is 4.15. The number of carbonyl (C=O) groups excluding carboxylic acids is 1. The SMILES string of the molecule is C=CC(=O)OC.OC12CC3CC(CC(C3)C1)C2. The van der Waals surface area contributed by atoms with Crippen molar-refractivity contribution in [2.24, 2.45) is 17.8 Å². The Morgan fingerprint density at radius 3 is 1.82 bits per heavy atom. The van der Waals surface area contributed by atoms with Crippen molar-refractivity contribution in [3.05, 3.63) is 12.7 Å². The topological polar surface area (TPSA) is 46.5 Å². The molecule has 0 saturated heterocycles. The first kappa shape index (κ1) is 12.6. The molecule has 0 amide bonds. The Bertz CT molecular complexity index is 273. The Morgan fingerprint density at radius 2 is 1.65 bits per heavy atom. The van der Waals surface area contributed by atoms with Gasteiger partial charge in [-0.2, -0.15) is 0 Å².